The molecule has 16 heavy (non-hydrogen) atoms. The third-order valence-corrected chi connectivity index (χ3v) is 1.78. The van der Waals surface area contributed by atoms with Crippen LogP contribution in [0.25, 0.3) is 0 Å². The number of aldehydes is 1. The minimum Gasteiger partial charge on any atom is -0.492 e. The first-order valence-electron chi connectivity index (χ1n) is 4.13. The number of rotatable bonds is 3. The molecule has 0 bridgehead atoms. The first kappa shape index (κ1) is 12.3. The van der Waals surface area contributed by atoms with Gasteiger partial charge in [0.25, 0.3) is 0 Å². The molecule has 1 aromatic rings. The fourth-order valence-electron chi connectivity index (χ4n) is 1.13. The largest absolute Gasteiger partial charge is 0.573 e. The van der Waals surface area contributed by atoms with Crippen LogP contribution in [0.5, 0.6) is 11.5 Å². The summed E-state index contributed by atoms with van der Waals surface area (Å²) in [5.41, 5.74) is 0.200. The van der Waals surface area contributed by atoms with Gasteiger partial charge in [0.1, 0.15) is 0 Å². The molecule has 4 nitrogen and oxygen atoms in total. The van der Waals surface area contributed by atoms with Crippen molar-refractivity contribution in [3.63, 3.8) is 0 Å². The molecule has 1 heterocycles. The third kappa shape index (κ3) is 2.62. The van der Waals surface area contributed by atoms with Crippen molar-refractivity contribution < 1.29 is 27.4 Å². The summed E-state index contributed by atoms with van der Waals surface area (Å²) < 4.78 is 44.4. The van der Waals surface area contributed by atoms with E-state index in [4.69, 9.17) is 4.74 Å². The molecule has 88 valence electrons. The summed E-state index contributed by atoms with van der Waals surface area (Å²) in [4.78, 5) is 14.3. The van der Waals surface area contributed by atoms with Gasteiger partial charge >= 0.3 is 6.36 Å². The van der Waals surface area contributed by atoms with Crippen LogP contribution in [0.15, 0.2) is 6.20 Å². The van der Waals surface area contributed by atoms with E-state index in [-0.39, 0.29) is 17.0 Å². The molecule has 1 aromatic heterocycles. The Bertz CT molecular complexity index is 404. The van der Waals surface area contributed by atoms with Gasteiger partial charge in [0.15, 0.2) is 17.8 Å². The third-order valence-electron chi connectivity index (χ3n) is 1.78. The molecule has 0 aliphatic carbocycles. The monoisotopic (exact) mass is 235 g/mol. The maximum Gasteiger partial charge on any atom is 0.573 e. The van der Waals surface area contributed by atoms with E-state index >= 15 is 0 Å². The lowest BCUT2D eigenvalue weighted by Crippen LogP contribution is -2.18. The number of aromatic nitrogens is 1. The smallest absolute Gasteiger partial charge is 0.492 e. The molecule has 0 fully saturated rings. The van der Waals surface area contributed by atoms with E-state index in [1.807, 2.05) is 0 Å². The predicted molar refractivity (Wildman–Crippen MR) is 47.6 cm³/mol. The first-order chi connectivity index (χ1) is 7.39. The fraction of sp³-hybridized carbons (Fsp3) is 0.333. The molecule has 0 saturated carbocycles. The molecule has 0 saturated heterocycles. The molecule has 0 amide bonds. The highest BCUT2D eigenvalue weighted by atomic mass is 19.4. The fourth-order valence-corrected chi connectivity index (χ4v) is 1.13. The van der Waals surface area contributed by atoms with Gasteiger partial charge in [0, 0.05) is 0 Å². The second-order valence-electron chi connectivity index (χ2n) is 2.82. The summed E-state index contributed by atoms with van der Waals surface area (Å²) in [6, 6.07) is 0. The highest BCUT2D eigenvalue weighted by Crippen LogP contribution is 2.34. The Labute approximate surface area is 89.0 Å². The molecular formula is C9H8F3NO3. The molecule has 1 rings (SSSR count). The molecule has 0 radical (unpaired) electrons. The summed E-state index contributed by atoms with van der Waals surface area (Å²) in [6.07, 6.45) is -3.64. The molecule has 0 unspecified atom stereocenters. The number of carbonyl (C=O) groups is 1. The molecule has 0 N–H and O–H groups in total. The van der Waals surface area contributed by atoms with E-state index in [2.05, 4.69) is 9.72 Å². The summed E-state index contributed by atoms with van der Waals surface area (Å²) >= 11 is 0. The van der Waals surface area contributed by atoms with Gasteiger partial charge in [-0.15, -0.1) is 13.2 Å². The number of nitrogens with zero attached hydrogens (tertiary/aromatic N) is 1. The molecule has 0 aromatic carbocycles. The highest BCUT2D eigenvalue weighted by Gasteiger charge is 2.33. The van der Waals surface area contributed by atoms with Crippen molar-refractivity contribution >= 4 is 6.29 Å². The zero-order valence-corrected chi connectivity index (χ0v) is 8.46. The molecule has 0 spiro atoms. The van der Waals surface area contributed by atoms with Crippen molar-refractivity contribution in [1.82, 2.24) is 4.98 Å². The summed E-state index contributed by atoms with van der Waals surface area (Å²) in [6.45, 7) is 1.48. The van der Waals surface area contributed by atoms with Crippen molar-refractivity contribution in [2.75, 3.05) is 7.11 Å². The average Bonchev–Trinajstić information content (AvgIpc) is 2.18. The number of hydrogen-bond donors (Lipinski definition) is 0. The topological polar surface area (TPSA) is 48.4 Å². The summed E-state index contributed by atoms with van der Waals surface area (Å²) in [5, 5.41) is 0. The Morgan fingerprint density at radius 3 is 2.50 bits per heavy atom. The molecule has 0 aliphatic rings. The van der Waals surface area contributed by atoms with Gasteiger partial charge in [-0.05, 0) is 6.92 Å². The van der Waals surface area contributed by atoms with E-state index in [1.54, 1.807) is 0 Å². The number of hydrogen-bond acceptors (Lipinski definition) is 4. The van der Waals surface area contributed by atoms with Crippen molar-refractivity contribution in [3.05, 3.63) is 17.5 Å². The van der Waals surface area contributed by atoms with Gasteiger partial charge in [-0.3, -0.25) is 9.78 Å². The standard InChI is InChI=1S/C9H8F3NO3/c1-5-6(4-14)8(15-2)7(3-13-5)16-9(10,11)12/h3-4H,1-2H3. The van der Waals surface area contributed by atoms with Crippen molar-refractivity contribution in [1.29, 1.82) is 0 Å². The van der Waals surface area contributed by atoms with Crippen LogP contribution in [0.3, 0.4) is 0 Å². The Balaban J connectivity index is 3.25. The van der Waals surface area contributed by atoms with Crippen LogP contribution < -0.4 is 9.47 Å². The van der Waals surface area contributed by atoms with Crippen molar-refractivity contribution in [2.24, 2.45) is 0 Å². The number of ether oxygens (including phenoxy) is 2. The number of alkyl halides is 3. The Kier molecular flexibility index (Phi) is 3.36. The second-order valence-corrected chi connectivity index (χ2v) is 2.82. The van der Waals surface area contributed by atoms with Gasteiger partial charge in [-0.2, -0.15) is 0 Å². The second kappa shape index (κ2) is 4.38. The number of aryl methyl sites for hydroxylation is 1. The maximum absolute atomic E-state index is 12.0. The SMILES string of the molecule is COc1c(OC(F)(F)F)cnc(C)c1C=O. The van der Waals surface area contributed by atoms with Crippen molar-refractivity contribution in [2.45, 2.75) is 13.3 Å². The normalized spacial score (nSPS) is 11.1. The maximum atomic E-state index is 12.0. The van der Waals surface area contributed by atoms with Crippen LogP contribution >= 0.6 is 0 Å². The lowest BCUT2D eigenvalue weighted by Gasteiger charge is -2.14. The van der Waals surface area contributed by atoms with Crippen LogP contribution in [0, 0.1) is 6.92 Å². The number of halogens is 3. The van der Waals surface area contributed by atoms with Crippen LogP contribution in [0.1, 0.15) is 16.1 Å². The minimum atomic E-state index is -4.86. The first-order valence-corrected chi connectivity index (χ1v) is 4.13. The zero-order valence-electron chi connectivity index (χ0n) is 8.46. The Morgan fingerprint density at radius 1 is 1.44 bits per heavy atom. The summed E-state index contributed by atoms with van der Waals surface area (Å²) in [5.74, 6) is -0.914. The Morgan fingerprint density at radius 2 is 2.06 bits per heavy atom. The summed E-state index contributed by atoms with van der Waals surface area (Å²) in [7, 11) is 1.14. The minimum absolute atomic E-state index is 0.0655. The van der Waals surface area contributed by atoms with E-state index in [1.165, 1.54) is 6.92 Å². The van der Waals surface area contributed by atoms with E-state index in [0.29, 0.717) is 6.29 Å². The van der Waals surface area contributed by atoms with Crippen molar-refractivity contribution in [3.8, 4) is 11.5 Å². The lowest BCUT2D eigenvalue weighted by molar-refractivity contribution is -0.275. The predicted octanol–water partition coefficient (Wildman–Crippen LogP) is 2.11. The highest BCUT2D eigenvalue weighted by molar-refractivity contribution is 5.82. The van der Waals surface area contributed by atoms with Crippen LogP contribution in [0.4, 0.5) is 13.2 Å². The zero-order chi connectivity index (χ0) is 12.3. The van der Waals surface area contributed by atoms with E-state index < -0.39 is 12.1 Å². The lowest BCUT2D eigenvalue weighted by atomic mass is 10.2. The number of pyridine rings is 1. The molecular weight excluding hydrogens is 227 g/mol. The van der Waals surface area contributed by atoms with E-state index in [0.717, 1.165) is 13.3 Å². The van der Waals surface area contributed by atoms with Crippen LogP contribution in [0.2, 0.25) is 0 Å². The van der Waals surface area contributed by atoms with Crippen LogP contribution in [-0.2, 0) is 0 Å². The number of carbonyl (C=O) groups excluding carboxylic acids is 1. The quantitative estimate of drug-likeness (QED) is 0.753. The van der Waals surface area contributed by atoms with Gasteiger partial charge in [0.05, 0.1) is 24.6 Å². The average molecular weight is 235 g/mol. The van der Waals surface area contributed by atoms with Gasteiger partial charge < -0.3 is 9.47 Å². The van der Waals surface area contributed by atoms with Gasteiger partial charge in [0.2, 0.25) is 0 Å². The van der Waals surface area contributed by atoms with E-state index in [9.17, 15) is 18.0 Å². The van der Waals surface area contributed by atoms with Crippen LogP contribution in [-0.4, -0.2) is 24.7 Å². The molecule has 0 atom stereocenters. The Hall–Kier alpha value is -1.79. The number of methoxy groups -OCH3 is 1. The molecule has 0 aliphatic heterocycles. The van der Waals surface area contributed by atoms with Gasteiger partial charge in [-0.25, -0.2) is 0 Å². The molecule has 7 heteroatoms. The van der Waals surface area contributed by atoms with Gasteiger partial charge in [-0.1, -0.05) is 0 Å².